The Morgan fingerprint density at radius 2 is 2.03 bits per heavy atom. The molecular formula is C26H27N5O4. The van der Waals surface area contributed by atoms with E-state index in [1.807, 2.05) is 44.2 Å². The van der Waals surface area contributed by atoms with Gasteiger partial charge >= 0.3 is 0 Å². The van der Waals surface area contributed by atoms with Crippen LogP contribution < -0.4 is 11.1 Å². The maximum atomic E-state index is 13.4. The maximum absolute atomic E-state index is 13.4. The minimum Gasteiger partial charge on any atom is -0.466 e. The third-order valence-corrected chi connectivity index (χ3v) is 6.44. The van der Waals surface area contributed by atoms with Crippen molar-refractivity contribution < 1.29 is 18.5 Å². The first kappa shape index (κ1) is 22.8. The highest BCUT2D eigenvalue weighted by Gasteiger charge is 2.29. The normalized spacial score (nSPS) is 16.1. The Hall–Kier alpha value is -3.98. The van der Waals surface area contributed by atoms with Crippen LogP contribution in [0, 0.1) is 20.8 Å². The fraction of sp³-hybridized carbons (Fsp3) is 0.308. The molecule has 1 aliphatic heterocycles. The van der Waals surface area contributed by atoms with E-state index in [0.29, 0.717) is 46.0 Å². The summed E-state index contributed by atoms with van der Waals surface area (Å²) >= 11 is 0. The van der Waals surface area contributed by atoms with Crippen molar-refractivity contribution in [2.75, 3.05) is 11.9 Å². The number of pyridine rings is 1. The molecule has 2 amide bonds. The summed E-state index contributed by atoms with van der Waals surface area (Å²) < 4.78 is 11.1. The van der Waals surface area contributed by atoms with Gasteiger partial charge in [0.1, 0.15) is 11.5 Å². The fourth-order valence-electron chi connectivity index (χ4n) is 4.81. The van der Waals surface area contributed by atoms with Gasteiger partial charge < -0.3 is 20.0 Å². The van der Waals surface area contributed by atoms with Gasteiger partial charge in [0.15, 0.2) is 0 Å². The monoisotopic (exact) mass is 473 g/mol. The predicted molar refractivity (Wildman–Crippen MR) is 131 cm³/mol. The van der Waals surface area contributed by atoms with E-state index >= 15 is 0 Å². The minimum atomic E-state index is -0.295. The van der Waals surface area contributed by atoms with E-state index in [4.69, 9.17) is 14.7 Å². The number of rotatable bonds is 6. The van der Waals surface area contributed by atoms with Crippen molar-refractivity contribution >= 4 is 28.6 Å². The Morgan fingerprint density at radius 1 is 1.20 bits per heavy atom. The van der Waals surface area contributed by atoms with Crippen LogP contribution in [0.5, 0.6) is 0 Å². The molecule has 35 heavy (non-hydrogen) atoms. The van der Waals surface area contributed by atoms with Crippen molar-refractivity contribution in [2.45, 2.75) is 46.2 Å². The lowest BCUT2D eigenvalue weighted by atomic mass is 10.0. The van der Waals surface area contributed by atoms with Crippen molar-refractivity contribution in [2.24, 2.45) is 5.73 Å². The number of primary amides is 1. The van der Waals surface area contributed by atoms with Crippen molar-refractivity contribution in [1.82, 2.24) is 15.0 Å². The summed E-state index contributed by atoms with van der Waals surface area (Å²) in [6.07, 6.45) is 1.72. The third kappa shape index (κ3) is 4.42. The van der Waals surface area contributed by atoms with Crippen LogP contribution in [0.2, 0.25) is 0 Å². The number of hydrogen-bond acceptors (Lipinski definition) is 7. The number of nitrogens with two attached hydrogens (primary N) is 1. The number of anilines is 1. The highest BCUT2D eigenvalue weighted by molar-refractivity contribution is 6.13. The number of nitrogens with one attached hydrogen (secondary N) is 1. The number of aromatic nitrogens is 2. The Morgan fingerprint density at radius 3 is 2.77 bits per heavy atom. The van der Waals surface area contributed by atoms with Crippen molar-refractivity contribution in [3.8, 4) is 11.3 Å². The molecule has 4 heterocycles. The molecule has 0 saturated carbocycles. The van der Waals surface area contributed by atoms with Gasteiger partial charge in [0.2, 0.25) is 5.91 Å². The topological polar surface area (TPSA) is 127 Å². The van der Waals surface area contributed by atoms with Gasteiger partial charge in [-0.2, -0.15) is 0 Å². The van der Waals surface area contributed by atoms with Crippen LogP contribution in [0.25, 0.3) is 22.4 Å². The molecule has 3 aromatic heterocycles. The average Bonchev–Trinajstić information content (AvgIpc) is 3.52. The molecule has 1 fully saturated rings. The summed E-state index contributed by atoms with van der Waals surface area (Å²) in [6, 6.07) is 11.0. The number of amides is 2. The number of nitrogens with zero attached hydrogens (tertiary/aromatic N) is 3. The van der Waals surface area contributed by atoms with E-state index in [2.05, 4.69) is 20.4 Å². The van der Waals surface area contributed by atoms with Gasteiger partial charge in [0.25, 0.3) is 11.6 Å². The van der Waals surface area contributed by atoms with Gasteiger partial charge in [-0.15, -0.1) is 0 Å². The molecule has 1 atom stereocenters. The maximum Gasteiger partial charge on any atom is 0.259 e. The van der Waals surface area contributed by atoms with E-state index in [-0.39, 0.29) is 17.9 Å². The summed E-state index contributed by atoms with van der Waals surface area (Å²) in [4.78, 5) is 31.8. The number of carbonyl (C=O) groups is 2. The van der Waals surface area contributed by atoms with Gasteiger partial charge in [0, 0.05) is 17.8 Å². The lowest BCUT2D eigenvalue weighted by molar-refractivity contribution is -0.122. The second-order valence-electron chi connectivity index (χ2n) is 9.02. The van der Waals surface area contributed by atoms with Crippen LogP contribution in [-0.4, -0.2) is 39.4 Å². The molecule has 1 saturated heterocycles. The Balaban J connectivity index is 1.44. The third-order valence-electron chi connectivity index (χ3n) is 6.44. The molecule has 0 aliphatic carbocycles. The van der Waals surface area contributed by atoms with Crippen LogP contribution in [0.3, 0.4) is 0 Å². The second kappa shape index (κ2) is 8.99. The van der Waals surface area contributed by atoms with Crippen LogP contribution >= 0.6 is 0 Å². The summed E-state index contributed by atoms with van der Waals surface area (Å²) in [6.45, 7) is 6.91. The number of furan rings is 1. The van der Waals surface area contributed by atoms with Crippen molar-refractivity contribution in [1.29, 1.82) is 0 Å². The fourth-order valence-corrected chi connectivity index (χ4v) is 4.81. The molecule has 3 N–H and O–H groups in total. The smallest absolute Gasteiger partial charge is 0.259 e. The molecule has 5 rings (SSSR count). The van der Waals surface area contributed by atoms with E-state index in [1.165, 1.54) is 0 Å². The van der Waals surface area contributed by atoms with Gasteiger partial charge in [-0.25, -0.2) is 4.98 Å². The van der Waals surface area contributed by atoms with Crippen molar-refractivity contribution in [3.05, 3.63) is 64.7 Å². The first-order valence-corrected chi connectivity index (χ1v) is 11.6. The molecule has 1 aromatic carbocycles. The predicted octanol–water partition coefficient (Wildman–Crippen LogP) is 4.11. The standard InChI is InChI=1S/C26H27N5O4/c1-14-10-19(16(3)34-14)21-12-20(23-15(2)30-35-26(23)29-21)25(33)28-18-7-4-6-17(11-18)13-31-9-5-8-22(31)24(27)32/h4,6-7,10-12,22H,5,8-9,13H2,1-3H3,(H2,27,32)(H,28,33). The molecule has 1 aliphatic rings. The van der Waals surface area contributed by atoms with Crippen LogP contribution in [0.15, 0.2) is 45.3 Å². The summed E-state index contributed by atoms with van der Waals surface area (Å²) in [5.41, 5.74) is 9.87. The zero-order chi connectivity index (χ0) is 24.7. The van der Waals surface area contributed by atoms with Crippen molar-refractivity contribution in [3.63, 3.8) is 0 Å². The lowest BCUT2D eigenvalue weighted by Crippen LogP contribution is -2.39. The first-order chi connectivity index (χ1) is 16.8. The zero-order valence-corrected chi connectivity index (χ0v) is 19.9. The summed E-state index contributed by atoms with van der Waals surface area (Å²) in [5.74, 6) is 0.876. The SMILES string of the molecule is Cc1cc(-c2cc(C(=O)Nc3cccc(CN4CCCC4C(N)=O)c3)c3c(C)noc3n2)c(C)o1. The lowest BCUT2D eigenvalue weighted by Gasteiger charge is -2.22. The molecule has 9 nitrogen and oxygen atoms in total. The molecule has 9 heteroatoms. The molecule has 0 spiro atoms. The van der Waals surface area contributed by atoms with Gasteiger partial charge in [0.05, 0.1) is 28.4 Å². The van der Waals surface area contributed by atoms with E-state index in [0.717, 1.165) is 36.3 Å². The number of likely N-dealkylation sites (tertiary alicyclic amines) is 1. The zero-order valence-electron chi connectivity index (χ0n) is 19.9. The first-order valence-electron chi connectivity index (χ1n) is 11.6. The Kier molecular flexibility index (Phi) is 5.86. The van der Waals surface area contributed by atoms with E-state index in [1.54, 1.807) is 13.0 Å². The highest BCUT2D eigenvalue weighted by Crippen LogP contribution is 2.31. The highest BCUT2D eigenvalue weighted by atomic mass is 16.5. The molecule has 0 radical (unpaired) electrons. The van der Waals surface area contributed by atoms with Gasteiger partial charge in [-0.1, -0.05) is 17.3 Å². The Labute approximate surface area is 202 Å². The number of fused-ring (bicyclic) bond motifs is 1. The number of aryl methyl sites for hydroxylation is 3. The van der Waals surface area contributed by atoms with Crippen LogP contribution in [-0.2, 0) is 11.3 Å². The number of benzene rings is 1. The van der Waals surface area contributed by atoms with Crippen LogP contribution in [0.4, 0.5) is 5.69 Å². The minimum absolute atomic E-state index is 0.247. The largest absolute Gasteiger partial charge is 0.466 e. The quantitative estimate of drug-likeness (QED) is 0.431. The molecule has 4 aromatic rings. The van der Waals surface area contributed by atoms with E-state index in [9.17, 15) is 9.59 Å². The van der Waals surface area contributed by atoms with Gasteiger partial charge in [-0.05, 0) is 70.0 Å². The van der Waals surface area contributed by atoms with E-state index < -0.39 is 0 Å². The van der Waals surface area contributed by atoms with Crippen LogP contribution in [0.1, 0.15) is 46.0 Å². The Bertz CT molecular complexity index is 1440. The number of carbonyl (C=O) groups excluding carboxylic acids is 2. The summed E-state index contributed by atoms with van der Waals surface area (Å²) in [5, 5.41) is 7.58. The molecule has 0 bridgehead atoms. The average molecular weight is 474 g/mol. The summed E-state index contributed by atoms with van der Waals surface area (Å²) in [7, 11) is 0. The molecular weight excluding hydrogens is 446 g/mol. The second-order valence-corrected chi connectivity index (χ2v) is 9.02. The molecule has 180 valence electrons. The number of hydrogen-bond donors (Lipinski definition) is 2. The van der Waals surface area contributed by atoms with Gasteiger partial charge in [-0.3, -0.25) is 14.5 Å². The molecule has 1 unspecified atom stereocenters.